The van der Waals surface area contributed by atoms with E-state index in [0.717, 1.165) is 96.3 Å². The van der Waals surface area contributed by atoms with Crippen LogP contribution >= 0.6 is 0 Å². The monoisotopic (exact) mass is 939 g/mol. The second-order valence-electron chi connectivity index (χ2n) is 19.5. The van der Waals surface area contributed by atoms with Gasteiger partial charge in [-0.1, -0.05) is 256 Å². The Labute approximate surface area is 416 Å². The van der Waals surface area contributed by atoms with Crippen molar-refractivity contribution in [2.24, 2.45) is 0 Å². The Morgan fingerprint density at radius 3 is 0.940 bits per heavy atom. The van der Waals surface area contributed by atoms with Gasteiger partial charge in [0.1, 0.15) is 13.2 Å². The molecule has 0 aromatic rings. The third-order valence-corrected chi connectivity index (χ3v) is 12.8. The lowest BCUT2D eigenvalue weighted by atomic mass is 10.0. The van der Waals surface area contributed by atoms with E-state index in [1.165, 1.54) is 167 Å². The maximum Gasteiger partial charge on any atom is 0.306 e. The molecule has 1 atom stereocenters. The average Bonchev–Trinajstić information content (AvgIpc) is 3.33. The lowest BCUT2D eigenvalue weighted by Gasteiger charge is -2.18. The summed E-state index contributed by atoms with van der Waals surface area (Å²) in [5.74, 6) is -0.909. The molecule has 0 aromatic heterocycles. The fourth-order valence-corrected chi connectivity index (χ4v) is 8.45. The molecule has 0 N–H and O–H groups in total. The van der Waals surface area contributed by atoms with Crippen LogP contribution in [0, 0.1) is 0 Å². The highest BCUT2D eigenvalue weighted by atomic mass is 16.6. The average molecular weight is 940 g/mol. The lowest BCUT2D eigenvalue weighted by Crippen LogP contribution is -2.30. The van der Waals surface area contributed by atoms with Gasteiger partial charge >= 0.3 is 17.9 Å². The second kappa shape index (κ2) is 56.0. The number of hydrogen-bond acceptors (Lipinski definition) is 6. The minimum atomic E-state index is -0.787. The number of carbonyl (C=O) groups excluding carboxylic acids is 3. The highest BCUT2D eigenvalue weighted by Gasteiger charge is 2.19. The summed E-state index contributed by atoms with van der Waals surface area (Å²) in [7, 11) is 0. The lowest BCUT2D eigenvalue weighted by molar-refractivity contribution is -0.167. The summed E-state index contributed by atoms with van der Waals surface area (Å²) in [5, 5.41) is 0. The molecule has 390 valence electrons. The van der Waals surface area contributed by atoms with E-state index in [0.29, 0.717) is 19.3 Å². The Morgan fingerprint density at radius 1 is 0.313 bits per heavy atom. The van der Waals surface area contributed by atoms with Crippen LogP contribution < -0.4 is 0 Å². The smallest absolute Gasteiger partial charge is 0.306 e. The van der Waals surface area contributed by atoms with Gasteiger partial charge in [-0.2, -0.15) is 0 Å². The van der Waals surface area contributed by atoms with Crippen molar-refractivity contribution >= 4 is 17.9 Å². The molecule has 0 rings (SSSR count). The largest absolute Gasteiger partial charge is 0.462 e. The molecule has 0 heterocycles. The van der Waals surface area contributed by atoms with Gasteiger partial charge in [0.05, 0.1) is 0 Å². The van der Waals surface area contributed by atoms with Gasteiger partial charge in [0.15, 0.2) is 6.10 Å². The van der Waals surface area contributed by atoms with Crippen LogP contribution in [0.15, 0.2) is 48.6 Å². The van der Waals surface area contributed by atoms with Gasteiger partial charge < -0.3 is 14.2 Å². The third kappa shape index (κ3) is 54.2. The summed E-state index contributed by atoms with van der Waals surface area (Å²) >= 11 is 0. The van der Waals surface area contributed by atoms with Crippen LogP contribution in [-0.2, 0) is 28.6 Å². The number of ether oxygens (including phenoxy) is 3. The number of allylic oxidation sites excluding steroid dienone is 8. The van der Waals surface area contributed by atoms with Crippen molar-refractivity contribution in [2.45, 2.75) is 309 Å². The van der Waals surface area contributed by atoms with Gasteiger partial charge in [-0.3, -0.25) is 14.4 Å². The van der Waals surface area contributed by atoms with Crippen molar-refractivity contribution < 1.29 is 28.6 Å². The van der Waals surface area contributed by atoms with Gasteiger partial charge in [-0.15, -0.1) is 0 Å². The van der Waals surface area contributed by atoms with Crippen molar-refractivity contribution in [2.75, 3.05) is 13.2 Å². The predicted octanol–water partition coefficient (Wildman–Crippen LogP) is 19.4. The Morgan fingerprint density at radius 2 is 0.582 bits per heavy atom. The van der Waals surface area contributed by atoms with Crippen LogP contribution in [0.5, 0.6) is 0 Å². The summed E-state index contributed by atoms with van der Waals surface area (Å²) in [5.41, 5.74) is 0. The Bertz CT molecular complexity index is 1170. The van der Waals surface area contributed by atoms with Gasteiger partial charge in [0.25, 0.3) is 0 Å². The third-order valence-electron chi connectivity index (χ3n) is 12.8. The van der Waals surface area contributed by atoms with Crippen molar-refractivity contribution in [3.05, 3.63) is 48.6 Å². The summed E-state index contributed by atoms with van der Waals surface area (Å²) < 4.78 is 16.8. The molecular formula is C61H110O6. The molecule has 67 heavy (non-hydrogen) atoms. The van der Waals surface area contributed by atoms with E-state index in [-0.39, 0.29) is 31.1 Å². The molecule has 0 radical (unpaired) electrons. The summed E-state index contributed by atoms with van der Waals surface area (Å²) in [6.45, 7) is 6.52. The zero-order valence-corrected chi connectivity index (χ0v) is 44.7. The van der Waals surface area contributed by atoms with Gasteiger partial charge in [0, 0.05) is 19.3 Å². The topological polar surface area (TPSA) is 78.9 Å². The van der Waals surface area contributed by atoms with Crippen molar-refractivity contribution in [3.8, 4) is 0 Å². The van der Waals surface area contributed by atoms with Crippen LogP contribution in [0.3, 0.4) is 0 Å². The molecule has 6 nitrogen and oxygen atoms in total. The van der Waals surface area contributed by atoms with E-state index in [1.807, 2.05) is 0 Å². The molecule has 0 aromatic carbocycles. The molecule has 0 aliphatic heterocycles. The van der Waals surface area contributed by atoms with E-state index in [2.05, 4.69) is 69.4 Å². The second-order valence-corrected chi connectivity index (χ2v) is 19.5. The van der Waals surface area contributed by atoms with Crippen LogP contribution in [0.4, 0.5) is 0 Å². The fourth-order valence-electron chi connectivity index (χ4n) is 8.45. The van der Waals surface area contributed by atoms with Gasteiger partial charge in [0.2, 0.25) is 0 Å². The molecule has 0 fully saturated rings. The quantitative estimate of drug-likeness (QED) is 0.0262. The number of unbranched alkanes of at least 4 members (excludes halogenated alkanes) is 34. The highest BCUT2D eigenvalue weighted by Crippen LogP contribution is 2.17. The highest BCUT2D eigenvalue weighted by molar-refractivity contribution is 5.71. The molecule has 0 amide bonds. The zero-order chi connectivity index (χ0) is 48.6. The minimum absolute atomic E-state index is 0.0830. The van der Waals surface area contributed by atoms with E-state index < -0.39 is 6.10 Å². The standard InChI is InChI=1S/C61H110O6/c1-4-7-10-13-16-19-22-25-27-28-29-30-31-32-33-34-37-39-42-45-48-51-54-60(63)66-57-58(56-65-59(62)53-50-47-44-41-38-35-24-21-18-15-12-9-6-3)67-61(64)55-52-49-46-43-40-36-26-23-20-17-14-11-8-5-2/h9,12,18,21,23,26,35,38,58H,4-8,10-11,13-17,19-20,22,24-25,27-34,36-37,39-57H2,1-3H3/b12-9-,21-18-,26-23-,38-35-. The molecule has 0 aliphatic rings. The summed E-state index contributed by atoms with van der Waals surface area (Å²) in [6, 6.07) is 0. The van der Waals surface area contributed by atoms with Crippen LogP contribution in [0.25, 0.3) is 0 Å². The number of rotatable bonds is 53. The van der Waals surface area contributed by atoms with E-state index >= 15 is 0 Å². The maximum absolute atomic E-state index is 12.8. The number of esters is 3. The number of carbonyl (C=O) groups is 3. The fraction of sp³-hybridized carbons (Fsp3) is 0.820. The Kier molecular flexibility index (Phi) is 53.8. The normalized spacial score (nSPS) is 12.3. The van der Waals surface area contributed by atoms with Crippen LogP contribution in [0.1, 0.15) is 303 Å². The molecular weight excluding hydrogens is 829 g/mol. The Hall–Kier alpha value is -2.63. The molecule has 0 saturated heterocycles. The van der Waals surface area contributed by atoms with Gasteiger partial charge in [-0.05, 0) is 77.0 Å². The molecule has 6 heteroatoms. The van der Waals surface area contributed by atoms with E-state index in [1.54, 1.807) is 0 Å². The SMILES string of the molecule is CC/C=C\C/C=C\C/C=C\CCCCCC(=O)OCC(COC(=O)CCCCCCCCCCCCCCCCCCCCCCCC)OC(=O)CCCCCCC/C=C\CCCCCCC. The first-order chi connectivity index (χ1) is 33.0. The predicted molar refractivity (Wildman–Crippen MR) is 289 cm³/mol. The first-order valence-corrected chi connectivity index (χ1v) is 29.1. The van der Waals surface area contributed by atoms with Crippen molar-refractivity contribution in [3.63, 3.8) is 0 Å². The van der Waals surface area contributed by atoms with Crippen LogP contribution in [0.2, 0.25) is 0 Å². The maximum atomic E-state index is 12.8. The first-order valence-electron chi connectivity index (χ1n) is 29.1. The van der Waals surface area contributed by atoms with E-state index in [4.69, 9.17) is 14.2 Å². The van der Waals surface area contributed by atoms with Crippen LogP contribution in [-0.4, -0.2) is 37.2 Å². The molecule has 0 saturated carbocycles. The van der Waals surface area contributed by atoms with Crippen molar-refractivity contribution in [1.82, 2.24) is 0 Å². The molecule has 0 aliphatic carbocycles. The molecule has 0 spiro atoms. The van der Waals surface area contributed by atoms with Crippen molar-refractivity contribution in [1.29, 1.82) is 0 Å². The zero-order valence-electron chi connectivity index (χ0n) is 44.7. The molecule has 1 unspecified atom stereocenters. The first kappa shape index (κ1) is 64.4. The summed E-state index contributed by atoms with van der Waals surface area (Å²) in [4.78, 5) is 38.1. The Balaban J connectivity index is 4.29. The van der Waals surface area contributed by atoms with Gasteiger partial charge in [-0.25, -0.2) is 0 Å². The summed E-state index contributed by atoms with van der Waals surface area (Å²) in [6.07, 6.45) is 68.3. The van der Waals surface area contributed by atoms with E-state index in [9.17, 15) is 14.4 Å². The molecule has 0 bridgehead atoms. The minimum Gasteiger partial charge on any atom is -0.462 e. The number of hydrogen-bond donors (Lipinski definition) is 0.